The van der Waals surface area contributed by atoms with Crippen LogP contribution in [0.1, 0.15) is 46.1 Å². The molecule has 2 N–H and O–H groups in total. The third-order valence-corrected chi connectivity index (χ3v) is 4.98. The molecule has 0 radical (unpaired) electrons. The number of hydrogen-bond acceptors (Lipinski definition) is 5. The third kappa shape index (κ3) is 6.85. The van der Waals surface area contributed by atoms with Crippen molar-refractivity contribution < 1.29 is 0 Å². The van der Waals surface area contributed by atoms with Crippen molar-refractivity contribution in [2.75, 3.05) is 56.1 Å². The molecule has 2 aliphatic heterocycles. The molecular weight excluding hydrogens is 346 g/mol. The maximum atomic E-state index is 6.50. The van der Waals surface area contributed by atoms with Crippen LogP contribution in [0.3, 0.4) is 0 Å². The fourth-order valence-electron chi connectivity index (χ4n) is 3.54. The van der Waals surface area contributed by atoms with Crippen LogP contribution in [0.15, 0.2) is 30.5 Å². The fourth-order valence-corrected chi connectivity index (χ4v) is 3.54. The van der Waals surface area contributed by atoms with Gasteiger partial charge in [-0.05, 0) is 38.1 Å². The van der Waals surface area contributed by atoms with E-state index in [2.05, 4.69) is 53.1 Å². The molecule has 0 bridgehead atoms. The highest BCUT2D eigenvalue weighted by Gasteiger charge is 2.25. The standard InChI is InChI=1S/C18H28N4.2C2H6.CHN/c1-15-14-16-17(20(15)2)6-5-7-18(16)22-12-10-21(11-13-22)9-4-3-8-19;3*1-2/h5-7H,1,3-4,8-14,19H2,2H3;2*1-2H3;1H. The molecule has 3 rings (SSSR count). The van der Waals surface area contributed by atoms with Crippen LogP contribution in [0.2, 0.25) is 0 Å². The normalized spacial score (nSPS) is 15.4. The molecule has 5 nitrogen and oxygen atoms in total. The van der Waals surface area contributed by atoms with E-state index in [4.69, 9.17) is 11.0 Å². The van der Waals surface area contributed by atoms with E-state index < -0.39 is 0 Å². The minimum atomic E-state index is 0.813. The lowest BCUT2D eigenvalue weighted by molar-refractivity contribution is 0.253. The first-order valence-electron chi connectivity index (χ1n) is 10.7. The molecule has 28 heavy (non-hydrogen) atoms. The molecule has 5 heteroatoms. The number of hydrogen-bond donors (Lipinski definition) is 1. The number of likely N-dealkylation sites (N-methyl/N-ethyl adjacent to an activating group) is 1. The Bertz CT molecular complexity index is 574. The number of benzene rings is 1. The quantitative estimate of drug-likeness (QED) is 0.766. The Balaban J connectivity index is 0.00000111. The number of nitrogens with two attached hydrogens (primary N) is 1. The summed E-state index contributed by atoms with van der Waals surface area (Å²) in [5.74, 6) is 0. The number of unbranched alkanes of at least 4 members (excludes halogenated alkanes) is 1. The van der Waals surface area contributed by atoms with Gasteiger partial charge in [0.1, 0.15) is 0 Å². The van der Waals surface area contributed by atoms with Crippen LogP contribution in [0.5, 0.6) is 0 Å². The zero-order valence-electron chi connectivity index (χ0n) is 18.7. The van der Waals surface area contributed by atoms with E-state index in [0.717, 1.165) is 45.6 Å². The van der Waals surface area contributed by atoms with Crippen LogP contribution < -0.4 is 15.5 Å². The van der Waals surface area contributed by atoms with Gasteiger partial charge in [0.15, 0.2) is 0 Å². The van der Waals surface area contributed by atoms with Crippen molar-refractivity contribution in [3.63, 3.8) is 0 Å². The van der Waals surface area contributed by atoms with Crippen LogP contribution in [-0.4, -0.2) is 51.2 Å². The van der Waals surface area contributed by atoms with E-state index in [1.807, 2.05) is 27.7 Å². The summed E-state index contributed by atoms with van der Waals surface area (Å²) in [6.45, 7) is 22.2. The Morgan fingerprint density at radius 2 is 1.57 bits per heavy atom. The van der Waals surface area contributed by atoms with Gasteiger partial charge in [-0.15, -0.1) is 0 Å². The number of allylic oxidation sites excluding steroid dienone is 1. The second-order valence-corrected chi connectivity index (χ2v) is 6.40. The monoisotopic (exact) mass is 387 g/mol. The molecule has 0 aliphatic carbocycles. The highest BCUT2D eigenvalue weighted by molar-refractivity contribution is 5.74. The van der Waals surface area contributed by atoms with E-state index in [9.17, 15) is 0 Å². The molecule has 0 saturated carbocycles. The van der Waals surface area contributed by atoms with Gasteiger partial charge in [0, 0.05) is 68.9 Å². The van der Waals surface area contributed by atoms with E-state index >= 15 is 0 Å². The Hall–Kier alpha value is -2.03. The minimum Gasteiger partial charge on any atom is -0.369 e. The second-order valence-electron chi connectivity index (χ2n) is 6.40. The average Bonchev–Trinajstić information content (AvgIpc) is 3.07. The third-order valence-electron chi connectivity index (χ3n) is 4.98. The summed E-state index contributed by atoms with van der Waals surface area (Å²) in [4.78, 5) is 7.34. The van der Waals surface area contributed by atoms with Crippen LogP contribution >= 0.6 is 0 Å². The van der Waals surface area contributed by atoms with E-state index in [1.165, 1.54) is 35.6 Å². The Morgan fingerprint density at radius 1 is 1.00 bits per heavy atom. The largest absolute Gasteiger partial charge is 0.369 e. The second kappa shape index (κ2) is 15.0. The SMILES string of the molecule is C#N.C=C1Cc2c(N3CCN(CCCCN)CC3)cccc2N1C.CC.CC. The summed E-state index contributed by atoms with van der Waals surface area (Å²) in [6, 6.07) is 6.66. The van der Waals surface area contributed by atoms with Gasteiger partial charge in [-0.2, -0.15) is 0 Å². The van der Waals surface area contributed by atoms with E-state index in [1.54, 1.807) is 0 Å². The number of piperazine rings is 1. The molecule has 2 aliphatic rings. The highest BCUT2D eigenvalue weighted by Crippen LogP contribution is 2.38. The lowest BCUT2D eigenvalue weighted by atomic mass is 10.1. The molecule has 1 saturated heterocycles. The number of fused-ring (bicyclic) bond motifs is 1. The number of nitrogens with zero attached hydrogens (tertiary/aromatic N) is 4. The van der Waals surface area contributed by atoms with Gasteiger partial charge >= 0.3 is 0 Å². The smallest absolute Gasteiger partial charge is 0.0462 e. The topological polar surface area (TPSA) is 59.5 Å². The average molecular weight is 388 g/mol. The molecular formula is C23H41N5. The highest BCUT2D eigenvalue weighted by atomic mass is 15.3. The van der Waals surface area contributed by atoms with Crippen molar-refractivity contribution in [3.8, 4) is 6.57 Å². The lowest BCUT2D eigenvalue weighted by Crippen LogP contribution is -2.46. The summed E-state index contributed by atoms with van der Waals surface area (Å²) < 4.78 is 0. The molecule has 1 aromatic rings. The summed E-state index contributed by atoms with van der Waals surface area (Å²) in [7, 11) is 2.12. The van der Waals surface area contributed by atoms with Crippen molar-refractivity contribution in [1.29, 1.82) is 5.26 Å². The van der Waals surface area contributed by atoms with Gasteiger partial charge in [0.25, 0.3) is 0 Å². The Kier molecular flexibility index (Phi) is 13.9. The fraction of sp³-hybridized carbons (Fsp3) is 0.609. The first-order chi connectivity index (χ1) is 13.7. The Labute approximate surface area is 173 Å². The Morgan fingerprint density at radius 3 is 2.14 bits per heavy atom. The van der Waals surface area contributed by atoms with Crippen molar-refractivity contribution in [1.82, 2.24) is 4.90 Å². The van der Waals surface area contributed by atoms with Gasteiger partial charge in [-0.3, -0.25) is 4.90 Å². The maximum absolute atomic E-state index is 6.50. The van der Waals surface area contributed by atoms with Gasteiger partial charge in [0.2, 0.25) is 0 Å². The summed E-state index contributed by atoms with van der Waals surface area (Å²) in [5, 5.41) is 6.50. The van der Waals surface area contributed by atoms with E-state index in [0.29, 0.717) is 0 Å². The van der Waals surface area contributed by atoms with E-state index in [-0.39, 0.29) is 0 Å². The molecule has 0 atom stereocenters. The zero-order chi connectivity index (χ0) is 21.5. The van der Waals surface area contributed by atoms with Crippen molar-refractivity contribution in [3.05, 3.63) is 36.0 Å². The molecule has 2 heterocycles. The van der Waals surface area contributed by atoms with Gasteiger partial charge in [0.05, 0.1) is 0 Å². The van der Waals surface area contributed by atoms with Crippen molar-refractivity contribution in [2.45, 2.75) is 47.0 Å². The van der Waals surface area contributed by atoms with Crippen LogP contribution in [0.4, 0.5) is 11.4 Å². The lowest BCUT2D eigenvalue weighted by Gasteiger charge is -2.37. The predicted octanol–water partition coefficient (Wildman–Crippen LogP) is 4.25. The molecule has 0 spiro atoms. The predicted molar refractivity (Wildman–Crippen MR) is 124 cm³/mol. The first-order valence-corrected chi connectivity index (χ1v) is 10.7. The molecule has 1 fully saturated rings. The molecule has 0 amide bonds. The van der Waals surface area contributed by atoms with Crippen molar-refractivity contribution >= 4 is 11.4 Å². The van der Waals surface area contributed by atoms with Gasteiger partial charge in [-0.1, -0.05) is 40.3 Å². The van der Waals surface area contributed by atoms with Gasteiger partial charge in [-0.25, -0.2) is 5.26 Å². The van der Waals surface area contributed by atoms with Crippen molar-refractivity contribution in [2.24, 2.45) is 5.73 Å². The number of rotatable bonds is 5. The number of nitriles is 1. The van der Waals surface area contributed by atoms with Gasteiger partial charge < -0.3 is 15.5 Å². The maximum Gasteiger partial charge on any atom is 0.0462 e. The summed E-state index contributed by atoms with van der Waals surface area (Å²) >= 11 is 0. The van der Waals surface area contributed by atoms with Crippen LogP contribution in [0.25, 0.3) is 0 Å². The molecule has 0 aromatic heterocycles. The molecule has 0 unspecified atom stereocenters. The molecule has 158 valence electrons. The minimum absolute atomic E-state index is 0.813. The summed E-state index contributed by atoms with van der Waals surface area (Å²) in [5.41, 5.74) is 11.0. The van der Waals surface area contributed by atoms with Crippen LogP contribution in [0, 0.1) is 11.8 Å². The summed E-state index contributed by atoms with van der Waals surface area (Å²) in [6.07, 6.45) is 3.35. The first kappa shape index (κ1) is 26.0. The number of anilines is 2. The molecule has 1 aromatic carbocycles. The van der Waals surface area contributed by atoms with Crippen LogP contribution in [-0.2, 0) is 6.42 Å². The zero-order valence-corrected chi connectivity index (χ0v) is 18.7.